The number of para-hydroxylation sites is 1. The maximum Gasteiger partial charge on any atom is 0.323 e. The van der Waals surface area contributed by atoms with Gasteiger partial charge in [0, 0.05) is 42.9 Å². The summed E-state index contributed by atoms with van der Waals surface area (Å²) >= 11 is 0. The highest BCUT2D eigenvalue weighted by atomic mass is 16.5. The van der Waals surface area contributed by atoms with Crippen LogP contribution in [0.4, 0.5) is 27.5 Å². The molecule has 0 bridgehead atoms. The van der Waals surface area contributed by atoms with Gasteiger partial charge in [-0.3, -0.25) is 4.79 Å². The van der Waals surface area contributed by atoms with Crippen molar-refractivity contribution in [1.82, 2.24) is 0 Å². The van der Waals surface area contributed by atoms with Crippen LogP contribution in [0.1, 0.15) is 10.4 Å². The molecule has 0 aromatic heterocycles. The molecule has 0 aliphatic carbocycles. The van der Waals surface area contributed by atoms with Crippen LogP contribution < -0.4 is 30.3 Å². The number of nitrogens with one attached hydrogen (secondary N) is 3. The van der Waals surface area contributed by atoms with Gasteiger partial charge in [-0.25, -0.2) is 4.79 Å². The van der Waals surface area contributed by atoms with Gasteiger partial charge in [0.25, 0.3) is 5.91 Å². The average Bonchev–Trinajstić information content (AvgIpc) is 2.90. The molecule has 3 N–H and O–H groups in total. The number of methoxy groups -OCH3 is 1. The summed E-state index contributed by atoms with van der Waals surface area (Å²) in [6.07, 6.45) is 0. The van der Waals surface area contributed by atoms with Crippen molar-refractivity contribution in [3.8, 4) is 17.2 Å². The SMILES string of the molecule is COc1cc(NC(=O)Nc2ccc(Oc3ccccc3)cc2)ccc1C(=O)Nc1ccc(N(C)C)cc1. The van der Waals surface area contributed by atoms with Gasteiger partial charge in [-0.15, -0.1) is 0 Å². The molecule has 0 atom stereocenters. The highest BCUT2D eigenvalue weighted by Crippen LogP contribution is 2.26. The molecule has 4 aromatic carbocycles. The van der Waals surface area contributed by atoms with Gasteiger partial charge in [-0.1, -0.05) is 18.2 Å². The number of nitrogens with zero attached hydrogens (tertiary/aromatic N) is 1. The predicted molar refractivity (Wildman–Crippen MR) is 147 cm³/mol. The van der Waals surface area contributed by atoms with Crippen molar-refractivity contribution in [3.05, 3.63) is 103 Å². The molecule has 0 heterocycles. The van der Waals surface area contributed by atoms with E-state index in [0.29, 0.717) is 34.1 Å². The maximum atomic E-state index is 12.8. The monoisotopic (exact) mass is 496 g/mol. The van der Waals surface area contributed by atoms with Gasteiger partial charge in [-0.05, 0) is 72.8 Å². The molecule has 0 saturated heterocycles. The first-order valence-electron chi connectivity index (χ1n) is 11.6. The minimum atomic E-state index is -0.433. The van der Waals surface area contributed by atoms with Crippen LogP contribution in [-0.2, 0) is 0 Å². The third-order valence-corrected chi connectivity index (χ3v) is 5.44. The topological polar surface area (TPSA) is 91.9 Å². The number of hydrogen-bond acceptors (Lipinski definition) is 5. The highest BCUT2D eigenvalue weighted by molar-refractivity contribution is 6.07. The van der Waals surface area contributed by atoms with Crippen LogP contribution in [0, 0.1) is 0 Å². The first kappa shape index (κ1) is 25.1. The molecule has 0 saturated carbocycles. The summed E-state index contributed by atoms with van der Waals surface area (Å²) in [6, 6.07) is 28.4. The number of anilines is 4. The lowest BCUT2D eigenvalue weighted by atomic mass is 10.1. The second-order valence-electron chi connectivity index (χ2n) is 8.33. The smallest absolute Gasteiger partial charge is 0.323 e. The standard InChI is InChI=1S/C29H28N4O4/c1-33(2)23-14-9-20(10-15-23)30-28(34)26-18-13-22(19-27(26)36-3)32-29(35)31-21-11-16-25(17-12-21)37-24-7-5-4-6-8-24/h4-19H,1-3H3,(H,30,34)(H2,31,32,35). The molecule has 4 aromatic rings. The fraction of sp³-hybridized carbons (Fsp3) is 0.103. The lowest BCUT2D eigenvalue weighted by molar-refractivity contribution is 0.102. The first-order valence-corrected chi connectivity index (χ1v) is 11.6. The number of carbonyl (C=O) groups excluding carboxylic acids is 2. The van der Waals surface area contributed by atoms with Crippen LogP contribution in [0.25, 0.3) is 0 Å². The summed E-state index contributed by atoms with van der Waals surface area (Å²) in [5, 5.41) is 8.39. The zero-order valence-corrected chi connectivity index (χ0v) is 20.8. The van der Waals surface area contributed by atoms with Crippen molar-refractivity contribution in [2.24, 2.45) is 0 Å². The van der Waals surface area contributed by atoms with Crippen LogP contribution in [0.2, 0.25) is 0 Å². The zero-order valence-electron chi connectivity index (χ0n) is 20.8. The van der Waals surface area contributed by atoms with Crippen LogP contribution in [-0.4, -0.2) is 33.1 Å². The molecule has 0 unspecified atom stereocenters. The predicted octanol–water partition coefficient (Wildman–Crippen LogP) is 6.45. The number of amides is 3. The van der Waals surface area contributed by atoms with Crippen LogP contribution in [0.3, 0.4) is 0 Å². The normalized spacial score (nSPS) is 10.2. The Bertz CT molecular complexity index is 1360. The number of rotatable bonds is 8. The summed E-state index contributed by atoms with van der Waals surface area (Å²) in [5.74, 6) is 1.41. The third-order valence-electron chi connectivity index (χ3n) is 5.44. The van der Waals surface area contributed by atoms with Gasteiger partial charge in [-0.2, -0.15) is 0 Å². The summed E-state index contributed by atoms with van der Waals surface area (Å²) in [5.41, 5.74) is 3.12. The fourth-order valence-corrected chi connectivity index (χ4v) is 3.52. The van der Waals surface area contributed by atoms with Crippen LogP contribution >= 0.6 is 0 Å². The Morgan fingerprint density at radius 3 is 1.89 bits per heavy atom. The highest BCUT2D eigenvalue weighted by Gasteiger charge is 2.14. The maximum absolute atomic E-state index is 12.8. The van der Waals surface area contributed by atoms with E-state index in [1.807, 2.05) is 73.6 Å². The van der Waals surface area contributed by atoms with E-state index in [2.05, 4.69) is 16.0 Å². The third kappa shape index (κ3) is 6.79. The van der Waals surface area contributed by atoms with E-state index in [-0.39, 0.29) is 5.91 Å². The van der Waals surface area contributed by atoms with Gasteiger partial charge < -0.3 is 30.3 Å². The van der Waals surface area contributed by atoms with Crippen molar-refractivity contribution >= 4 is 34.7 Å². The lowest BCUT2D eigenvalue weighted by Crippen LogP contribution is -2.20. The van der Waals surface area contributed by atoms with E-state index in [4.69, 9.17) is 9.47 Å². The van der Waals surface area contributed by atoms with E-state index in [0.717, 1.165) is 11.4 Å². The van der Waals surface area contributed by atoms with Crippen molar-refractivity contribution in [1.29, 1.82) is 0 Å². The Balaban J connectivity index is 1.36. The molecule has 0 spiro atoms. The number of ether oxygens (including phenoxy) is 2. The molecule has 188 valence electrons. The molecular formula is C29H28N4O4. The van der Waals surface area contributed by atoms with E-state index in [1.54, 1.807) is 42.5 Å². The molecule has 4 rings (SSSR count). The van der Waals surface area contributed by atoms with E-state index in [1.165, 1.54) is 7.11 Å². The summed E-state index contributed by atoms with van der Waals surface area (Å²) in [6.45, 7) is 0. The molecule has 8 nitrogen and oxygen atoms in total. The van der Waals surface area contributed by atoms with Gasteiger partial charge >= 0.3 is 6.03 Å². The van der Waals surface area contributed by atoms with Gasteiger partial charge in [0.1, 0.15) is 17.2 Å². The summed E-state index contributed by atoms with van der Waals surface area (Å²) in [4.78, 5) is 27.3. The Morgan fingerprint density at radius 1 is 0.676 bits per heavy atom. The van der Waals surface area contributed by atoms with Crippen molar-refractivity contribution < 1.29 is 19.1 Å². The minimum Gasteiger partial charge on any atom is -0.496 e. The average molecular weight is 497 g/mol. The Morgan fingerprint density at radius 2 is 1.24 bits per heavy atom. The second-order valence-corrected chi connectivity index (χ2v) is 8.33. The number of carbonyl (C=O) groups is 2. The summed E-state index contributed by atoms with van der Waals surface area (Å²) < 4.78 is 11.2. The fourth-order valence-electron chi connectivity index (χ4n) is 3.52. The van der Waals surface area contributed by atoms with E-state index < -0.39 is 6.03 Å². The van der Waals surface area contributed by atoms with Crippen LogP contribution in [0.15, 0.2) is 97.1 Å². The first-order chi connectivity index (χ1) is 17.9. The van der Waals surface area contributed by atoms with E-state index >= 15 is 0 Å². The van der Waals surface area contributed by atoms with Gasteiger partial charge in [0.15, 0.2) is 0 Å². The molecule has 0 aliphatic heterocycles. The number of urea groups is 1. The Hall–Kier alpha value is -4.98. The molecule has 37 heavy (non-hydrogen) atoms. The van der Waals surface area contributed by atoms with E-state index in [9.17, 15) is 9.59 Å². The quantitative estimate of drug-likeness (QED) is 0.261. The Kier molecular flexibility index (Phi) is 7.90. The molecular weight excluding hydrogens is 468 g/mol. The van der Waals surface area contributed by atoms with Crippen molar-refractivity contribution in [2.45, 2.75) is 0 Å². The second kappa shape index (κ2) is 11.6. The Labute approximate surface area is 215 Å². The van der Waals surface area contributed by atoms with Crippen LogP contribution in [0.5, 0.6) is 17.2 Å². The lowest BCUT2D eigenvalue weighted by Gasteiger charge is -2.14. The molecule has 0 fully saturated rings. The summed E-state index contributed by atoms with van der Waals surface area (Å²) in [7, 11) is 5.37. The van der Waals surface area contributed by atoms with Gasteiger partial charge in [0.2, 0.25) is 0 Å². The number of hydrogen-bond donors (Lipinski definition) is 3. The molecule has 0 aliphatic rings. The van der Waals surface area contributed by atoms with Gasteiger partial charge in [0.05, 0.1) is 12.7 Å². The number of benzene rings is 4. The largest absolute Gasteiger partial charge is 0.496 e. The molecule has 8 heteroatoms. The molecule has 0 radical (unpaired) electrons. The van der Waals surface area contributed by atoms with Crippen molar-refractivity contribution in [2.75, 3.05) is 42.1 Å². The molecule has 3 amide bonds. The minimum absolute atomic E-state index is 0.316. The van der Waals surface area contributed by atoms with Crippen molar-refractivity contribution in [3.63, 3.8) is 0 Å². The zero-order chi connectivity index (χ0) is 26.2.